The molecule has 1 aromatic heterocycles. The second kappa shape index (κ2) is 8.42. The number of halogens is 2. The molecule has 3 atom stereocenters. The van der Waals surface area contributed by atoms with Crippen LogP contribution in [0.1, 0.15) is 67.3 Å². The number of nitrogens with zero attached hydrogens (tertiary/aromatic N) is 2. The summed E-state index contributed by atoms with van der Waals surface area (Å²) >= 11 is 12.3. The molecule has 2 saturated heterocycles. The fourth-order valence-electron chi connectivity index (χ4n) is 5.73. The van der Waals surface area contributed by atoms with Gasteiger partial charge in [0.2, 0.25) is 5.91 Å². The fraction of sp³-hybridized carbons (Fsp3) is 0.500. The molecule has 3 heterocycles. The van der Waals surface area contributed by atoms with Crippen LogP contribution in [0.5, 0.6) is 0 Å². The number of carbonyl (C=O) groups excluding carboxylic acids is 2. The summed E-state index contributed by atoms with van der Waals surface area (Å²) in [6.07, 6.45) is 9.52. The lowest BCUT2D eigenvalue weighted by molar-refractivity contribution is -0.124. The van der Waals surface area contributed by atoms with Crippen LogP contribution in [0.4, 0.5) is 5.82 Å². The van der Waals surface area contributed by atoms with Gasteiger partial charge in [-0.05, 0) is 81.2 Å². The van der Waals surface area contributed by atoms with Gasteiger partial charge in [-0.2, -0.15) is 0 Å². The van der Waals surface area contributed by atoms with Gasteiger partial charge in [0.15, 0.2) is 0 Å². The number of anilines is 1. The van der Waals surface area contributed by atoms with E-state index in [1.807, 2.05) is 24.3 Å². The van der Waals surface area contributed by atoms with E-state index in [0.29, 0.717) is 33.7 Å². The molecule has 2 bridgehead atoms. The summed E-state index contributed by atoms with van der Waals surface area (Å²) in [6.45, 7) is 0. The highest BCUT2D eigenvalue weighted by Crippen LogP contribution is 2.50. The SMILES string of the molecule is O=C(NC1CC1)c1ccc(N2[C@@H]3CC[C@H]2C[C@@H](NC(=O)C2(c4ccc(Cl)c(Cl)c4)CC2)C3)nc1. The number of aromatic nitrogens is 1. The van der Waals surface area contributed by atoms with Gasteiger partial charge < -0.3 is 15.5 Å². The van der Waals surface area contributed by atoms with Gasteiger partial charge in [0, 0.05) is 30.4 Å². The van der Waals surface area contributed by atoms with Gasteiger partial charge in [0.05, 0.1) is 21.0 Å². The van der Waals surface area contributed by atoms with E-state index in [2.05, 4.69) is 20.5 Å². The van der Waals surface area contributed by atoms with Gasteiger partial charge in [0.25, 0.3) is 5.91 Å². The first-order chi connectivity index (χ1) is 16.4. The molecular formula is C26H28Cl2N4O2. The van der Waals surface area contributed by atoms with Crippen LogP contribution in [-0.2, 0) is 10.2 Å². The first-order valence-electron chi connectivity index (χ1n) is 12.2. The summed E-state index contributed by atoms with van der Waals surface area (Å²) in [6, 6.07) is 10.6. The third-order valence-corrected chi connectivity index (χ3v) is 8.65. The molecule has 2 aliphatic heterocycles. The van der Waals surface area contributed by atoms with E-state index in [-0.39, 0.29) is 17.9 Å². The van der Waals surface area contributed by atoms with Crippen molar-refractivity contribution < 1.29 is 9.59 Å². The van der Waals surface area contributed by atoms with Gasteiger partial charge in [0.1, 0.15) is 5.82 Å². The molecule has 2 N–H and O–H groups in total. The Bertz CT molecular complexity index is 1120. The molecule has 0 unspecified atom stereocenters. The molecule has 4 fully saturated rings. The molecular weight excluding hydrogens is 471 g/mol. The van der Waals surface area contributed by atoms with Crippen molar-refractivity contribution in [1.29, 1.82) is 0 Å². The monoisotopic (exact) mass is 498 g/mol. The van der Waals surface area contributed by atoms with Crippen LogP contribution in [0.25, 0.3) is 0 Å². The van der Waals surface area contributed by atoms with Crippen molar-refractivity contribution >= 4 is 40.8 Å². The third-order valence-electron chi connectivity index (χ3n) is 7.91. The summed E-state index contributed by atoms with van der Waals surface area (Å²) in [4.78, 5) is 32.6. The molecule has 6 nitrogen and oxygen atoms in total. The van der Waals surface area contributed by atoms with Gasteiger partial charge in [-0.25, -0.2) is 4.98 Å². The molecule has 4 aliphatic rings. The van der Waals surface area contributed by atoms with E-state index in [4.69, 9.17) is 23.2 Å². The summed E-state index contributed by atoms with van der Waals surface area (Å²) in [5, 5.41) is 7.37. The van der Waals surface area contributed by atoms with Crippen LogP contribution in [0.15, 0.2) is 36.5 Å². The summed E-state index contributed by atoms with van der Waals surface area (Å²) in [5.41, 5.74) is 1.10. The van der Waals surface area contributed by atoms with Gasteiger partial charge in [-0.15, -0.1) is 0 Å². The van der Waals surface area contributed by atoms with Crippen molar-refractivity contribution in [1.82, 2.24) is 15.6 Å². The van der Waals surface area contributed by atoms with Crippen molar-refractivity contribution in [3.05, 3.63) is 57.7 Å². The minimum atomic E-state index is -0.469. The van der Waals surface area contributed by atoms with Crippen LogP contribution in [0.3, 0.4) is 0 Å². The maximum absolute atomic E-state index is 13.3. The number of rotatable bonds is 6. The minimum Gasteiger partial charge on any atom is -0.352 e. The quantitative estimate of drug-likeness (QED) is 0.608. The molecule has 0 spiro atoms. The Morgan fingerprint density at radius 3 is 2.24 bits per heavy atom. The molecule has 2 aliphatic carbocycles. The van der Waals surface area contributed by atoms with Gasteiger partial charge in [-0.1, -0.05) is 29.3 Å². The highest BCUT2D eigenvalue weighted by molar-refractivity contribution is 6.42. The summed E-state index contributed by atoms with van der Waals surface area (Å²) < 4.78 is 0. The zero-order chi connectivity index (χ0) is 23.4. The van der Waals surface area contributed by atoms with E-state index >= 15 is 0 Å². The highest BCUT2D eigenvalue weighted by atomic mass is 35.5. The molecule has 0 radical (unpaired) electrons. The highest BCUT2D eigenvalue weighted by Gasteiger charge is 2.52. The predicted molar refractivity (Wildman–Crippen MR) is 133 cm³/mol. The van der Waals surface area contributed by atoms with Crippen molar-refractivity contribution in [2.75, 3.05) is 4.90 Å². The van der Waals surface area contributed by atoms with Gasteiger partial charge in [-0.3, -0.25) is 9.59 Å². The largest absolute Gasteiger partial charge is 0.352 e. The van der Waals surface area contributed by atoms with Crippen molar-refractivity contribution in [3.63, 3.8) is 0 Å². The number of benzene rings is 1. The summed E-state index contributed by atoms with van der Waals surface area (Å²) in [5.74, 6) is 0.990. The third kappa shape index (κ3) is 4.05. The molecule has 2 aromatic rings. The van der Waals surface area contributed by atoms with Gasteiger partial charge >= 0.3 is 0 Å². The summed E-state index contributed by atoms with van der Waals surface area (Å²) in [7, 11) is 0. The van der Waals surface area contributed by atoms with Crippen molar-refractivity contribution in [3.8, 4) is 0 Å². The topological polar surface area (TPSA) is 74.3 Å². The second-order valence-electron chi connectivity index (χ2n) is 10.3. The first-order valence-corrected chi connectivity index (χ1v) is 13.0. The van der Waals surface area contributed by atoms with Crippen molar-refractivity contribution in [2.45, 2.75) is 80.9 Å². The lowest BCUT2D eigenvalue weighted by Gasteiger charge is -2.40. The fourth-order valence-corrected chi connectivity index (χ4v) is 6.03. The molecule has 2 saturated carbocycles. The van der Waals surface area contributed by atoms with Crippen LogP contribution >= 0.6 is 23.2 Å². The Balaban J connectivity index is 1.11. The number of amides is 2. The lowest BCUT2D eigenvalue weighted by atomic mass is 9.92. The lowest BCUT2D eigenvalue weighted by Crippen LogP contribution is -2.52. The molecule has 1 aromatic carbocycles. The molecule has 6 rings (SSSR count). The smallest absolute Gasteiger partial charge is 0.253 e. The maximum atomic E-state index is 13.3. The number of carbonyl (C=O) groups is 2. The Morgan fingerprint density at radius 1 is 0.912 bits per heavy atom. The number of fused-ring (bicyclic) bond motifs is 2. The van der Waals surface area contributed by atoms with Crippen LogP contribution in [0.2, 0.25) is 10.0 Å². The number of hydrogen-bond acceptors (Lipinski definition) is 4. The molecule has 178 valence electrons. The second-order valence-corrected chi connectivity index (χ2v) is 11.1. The minimum absolute atomic E-state index is 0.0399. The van der Waals surface area contributed by atoms with Crippen LogP contribution in [0, 0.1) is 0 Å². The number of nitrogens with one attached hydrogen (secondary N) is 2. The van der Waals surface area contributed by atoms with E-state index < -0.39 is 5.41 Å². The van der Waals surface area contributed by atoms with E-state index in [9.17, 15) is 9.59 Å². The van der Waals surface area contributed by atoms with Crippen LogP contribution in [-0.4, -0.2) is 41.0 Å². The Labute approximate surface area is 209 Å². The molecule has 34 heavy (non-hydrogen) atoms. The average Bonchev–Trinajstić information content (AvgIpc) is 3.75. The zero-order valence-electron chi connectivity index (χ0n) is 18.9. The van der Waals surface area contributed by atoms with E-state index in [1.165, 1.54) is 0 Å². The average molecular weight is 499 g/mol. The van der Waals surface area contributed by atoms with E-state index in [0.717, 1.165) is 62.7 Å². The predicted octanol–water partition coefficient (Wildman–Crippen LogP) is 4.63. The number of pyridine rings is 1. The normalized spacial score (nSPS) is 26.8. The molecule has 2 amide bonds. The Hall–Kier alpha value is -2.31. The Kier molecular flexibility index (Phi) is 5.49. The molecule has 8 heteroatoms. The number of hydrogen-bond donors (Lipinski definition) is 2. The standard InChI is InChI=1S/C26H28Cl2N4O2/c27-21-7-2-16(11-22(21)28)26(9-10-26)25(34)31-18-12-19-5-6-20(13-18)32(19)23-8-1-15(14-29-23)24(33)30-17-3-4-17/h1-2,7-8,11,14,17-20H,3-6,9-10,12-13H2,(H,30,33)(H,31,34)/t18-,19+,20-. The zero-order valence-corrected chi connectivity index (χ0v) is 20.4. The Morgan fingerprint density at radius 2 is 1.65 bits per heavy atom. The first kappa shape index (κ1) is 22.2. The van der Waals surface area contributed by atoms with E-state index in [1.54, 1.807) is 12.3 Å². The van der Waals surface area contributed by atoms with Crippen molar-refractivity contribution in [2.24, 2.45) is 0 Å². The van der Waals surface area contributed by atoms with Crippen LogP contribution < -0.4 is 15.5 Å². The number of piperidine rings is 1. The maximum Gasteiger partial charge on any atom is 0.253 e.